The molecule has 1 N–H and O–H groups in total. The number of benzene rings is 4. The van der Waals surface area contributed by atoms with E-state index in [4.69, 9.17) is 11.6 Å². The van der Waals surface area contributed by atoms with Gasteiger partial charge in [-0.25, -0.2) is 12.8 Å². The average Bonchev–Trinajstić information content (AvgIpc) is 3.02. The maximum absolute atomic E-state index is 14.5. The van der Waals surface area contributed by atoms with E-state index in [0.29, 0.717) is 22.7 Å². The van der Waals surface area contributed by atoms with Gasteiger partial charge in [-0.3, -0.25) is 13.9 Å². The van der Waals surface area contributed by atoms with Crippen LogP contribution in [0.1, 0.15) is 37.0 Å². The summed E-state index contributed by atoms with van der Waals surface area (Å²) in [5.74, 6) is -1.41. The first-order valence-corrected chi connectivity index (χ1v) is 16.5. The lowest BCUT2D eigenvalue weighted by Crippen LogP contribution is -2.54. The first-order valence-electron chi connectivity index (χ1n) is 14.7. The molecule has 2 atom stereocenters. The van der Waals surface area contributed by atoms with Crippen molar-refractivity contribution in [3.05, 3.63) is 131 Å². The van der Waals surface area contributed by atoms with E-state index < -0.39 is 34.3 Å². The van der Waals surface area contributed by atoms with E-state index in [9.17, 15) is 22.4 Å². The van der Waals surface area contributed by atoms with Crippen LogP contribution in [0.5, 0.6) is 0 Å². The SMILES string of the molecule is CCC(C)NC(=O)C(Cc1ccccc1)N(Cc1ccc(F)cc1)C(=O)CN(c1cccc(C)c1)S(=O)(=O)c1ccc(Cl)cc1. The third-order valence-electron chi connectivity index (χ3n) is 7.51. The minimum Gasteiger partial charge on any atom is -0.352 e. The minimum atomic E-state index is -4.25. The van der Waals surface area contributed by atoms with Crippen molar-refractivity contribution in [1.29, 1.82) is 0 Å². The Morgan fingerprint density at radius 1 is 0.889 bits per heavy atom. The zero-order chi connectivity index (χ0) is 32.6. The molecular weight excluding hydrogens is 613 g/mol. The number of aryl methyl sites for hydroxylation is 1. The number of nitrogens with zero attached hydrogens (tertiary/aromatic N) is 2. The summed E-state index contributed by atoms with van der Waals surface area (Å²) in [6, 6.07) is 26.4. The molecule has 0 aliphatic rings. The van der Waals surface area contributed by atoms with Crippen LogP contribution >= 0.6 is 11.6 Å². The molecule has 0 spiro atoms. The van der Waals surface area contributed by atoms with E-state index in [1.807, 2.05) is 57.2 Å². The molecule has 0 aliphatic carbocycles. The molecule has 0 saturated heterocycles. The predicted octanol–water partition coefficient (Wildman–Crippen LogP) is 6.54. The van der Waals surface area contributed by atoms with Crippen molar-refractivity contribution in [3.8, 4) is 0 Å². The summed E-state index contributed by atoms with van der Waals surface area (Å²) in [6.45, 7) is 5.01. The Morgan fingerprint density at radius 2 is 1.56 bits per heavy atom. The molecule has 45 heavy (non-hydrogen) atoms. The lowest BCUT2D eigenvalue weighted by atomic mass is 10.0. The molecule has 0 radical (unpaired) electrons. The van der Waals surface area contributed by atoms with E-state index in [-0.39, 0.29) is 29.8 Å². The number of halogens is 2. The highest BCUT2D eigenvalue weighted by atomic mass is 35.5. The second-order valence-corrected chi connectivity index (χ2v) is 13.3. The largest absolute Gasteiger partial charge is 0.352 e. The zero-order valence-electron chi connectivity index (χ0n) is 25.5. The standard InChI is InChI=1S/C35H37ClFN3O4S/c1-4-26(3)38-35(42)33(22-27-10-6-5-7-11-27)39(23-28-13-17-30(37)18-14-28)34(41)24-40(31-12-8-9-25(2)21-31)45(43,44)32-19-15-29(36)16-20-32/h5-21,26,33H,4,22-24H2,1-3H3,(H,38,42). The quantitative estimate of drug-likeness (QED) is 0.178. The lowest BCUT2D eigenvalue weighted by molar-refractivity contribution is -0.140. The Hall–Kier alpha value is -4.21. The van der Waals surface area contributed by atoms with Crippen molar-refractivity contribution in [2.24, 2.45) is 0 Å². The molecule has 0 aliphatic heterocycles. The number of carbonyl (C=O) groups excluding carboxylic acids is 2. The predicted molar refractivity (Wildman–Crippen MR) is 176 cm³/mol. The number of nitrogens with one attached hydrogen (secondary N) is 1. The third kappa shape index (κ3) is 8.93. The van der Waals surface area contributed by atoms with Gasteiger partial charge in [-0.15, -0.1) is 0 Å². The molecule has 4 rings (SSSR count). The second-order valence-electron chi connectivity index (χ2n) is 11.0. The Kier molecular flexibility index (Phi) is 11.4. The van der Waals surface area contributed by atoms with Crippen LogP contribution in [0.15, 0.2) is 108 Å². The fourth-order valence-electron chi connectivity index (χ4n) is 4.83. The van der Waals surface area contributed by atoms with Crippen LogP contribution in [0.3, 0.4) is 0 Å². The first kappa shape index (κ1) is 33.7. The van der Waals surface area contributed by atoms with E-state index >= 15 is 0 Å². The van der Waals surface area contributed by atoms with Crippen LogP contribution in [0.4, 0.5) is 10.1 Å². The van der Waals surface area contributed by atoms with Crippen LogP contribution in [0, 0.1) is 12.7 Å². The minimum absolute atomic E-state index is 0.0401. The fraction of sp³-hybridized carbons (Fsp3) is 0.257. The molecule has 10 heteroatoms. The monoisotopic (exact) mass is 649 g/mol. The van der Waals surface area contributed by atoms with Crippen molar-refractivity contribution >= 4 is 39.1 Å². The highest BCUT2D eigenvalue weighted by molar-refractivity contribution is 7.92. The number of amides is 2. The second kappa shape index (κ2) is 15.2. The molecule has 4 aromatic rings. The van der Waals surface area contributed by atoms with Gasteiger partial charge in [-0.2, -0.15) is 0 Å². The molecule has 0 fully saturated rings. The highest BCUT2D eigenvalue weighted by Gasteiger charge is 2.35. The van der Waals surface area contributed by atoms with Gasteiger partial charge in [-0.05, 0) is 85.5 Å². The third-order valence-corrected chi connectivity index (χ3v) is 9.55. The van der Waals surface area contributed by atoms with E-state index in [1.54, 1.807) is 30.3 Å². The topological polar surface area (TPSA) is 86.8 Å². The van der Waals surface area contributed by atoms with E-state index in [2.05, 4.69) is 5.32 Å². The molecule has 0 heterocycles. The number of rotatable bonds is 13. The fourth-order valence-corrected chi connectivity index (χ4v) is 6.36. The van der Waals surface area contributed by atoms with Gasteiger partial charge in [0.05, 0.1) is 10.6 Å². The molecule has 2 unspecified atom stereocenters. The number of hydrogen-bond acceptors (Lipinski definition) is 4. The highest BCUT2D eigenvalue weighted by Crippen LogP contribution is 2.27. The van der Waals surface area contributed by atoms with Crippen LogP contribution in [0.2, 0.25) is 5.02 Å². The molecule has 7 nitrogen and oxygen atoms in total. The van der Waals surface area contributed by atoms with Crippen LogP contribution in [-0.4, -0.2) is 43.8 Å². The van der Waals surface area contributed by atoms with Gasteiger partial charge >= 0.3 is 0 Å². The Balaban J connectivity index is 1.80. The van der Waals surface area contributed by atoms with Crippen molar-refractivity contribution in [3.63, 3.8) is 0 Å². The summed E-state index contributed by atoms with van der Waals surface area (Å²) in [5.41, 5.74) is 2.50. The number of anilines is 1. The molecule has 0 aromatic heterocycles. The summed E-state index contributed by atoms with van der Waals surface area (Å²) < 4.78 is 43.0. The average molecular weight is 650 g/mol. The Morgan fingerprint density at radius 3 is 2.18 bits per heavy atom. The van der Waals surface area contributed by atoms with E-state index in [0.717, 1.165) is 15.4 Å². The van der Waals surface area contributed by atoms with Gasteiger partial charge < -0.3 is 10.2 Å². The van der Waals surface area contributed by atoms with Crippen molar-refractivity contribution < 1.29 is 22.4 Å². The van der Waals surface area contributed by atoms with Crippen LogP contribution < -0.4 is 9.62 Å². The summed E-state index contributed by atoms with van der Waals surface area (Å²) in [5, 5.41) is 3.37. The molecule has 2 amide bonds. The Bertz CT molecular complexity index is 1700. The maximum Gasteiger partial charge on any atom is 0.264 e. The summed E-state index contributed by atoms with van der Waals surface area (Å²) >= 11 is 6.04. The van der Waals surface area contributed by atoms with Crippen molar-refractivity contribution in [1.82, 2.24) is 10.2 Å². The zero-order valence-corrected chi connectivity index (χ0v) is 27.1. The van der Waals surface area contributed by atoms with Crippen LogP contribution in [-0.2, 0) is 32.6 Å². The molecule has 236 valence electrons. The van der Waals surface area contributed by atoms with Crippen LogP contribution in [0.25, 0.3) is 0 Å². The molecule has 4 aromatic carbocycles. The van der Waals surface area contributed by atoms with Gasteiger partial charge in [0.2, 0.25) is 11.8 Å². The van der Waals surface area contributed by atoms with Gasteiger partial charge in [-0.1, -0.05) is 73.1 Å². The van der Waals surface area contributed by atoms with Gasteiger partial charge in [0.15, 0.2) is 0 Å². The van der Waals surface area contributed by atoms with E-state index in [1.165, 1.54) is 41.3 Å². The summed E-state index contributed by atoms with van der Waals surface area (Å²) in [4.78, 5) is 29.6. The number of hydrogen-bond donors (Lipinski definition) is 1. The van der Waals surface area contributed by atoms with Crippen molar-refractivity contribution in [2.45, 2.75) is 57.1 Å². The van der Waals surface area contributed by atoms with Gasteiger partial charge in [0.25, 0.3) is 10.0 Å². The number of sulfonamides is 1. The smallest absolute Gasteiger partial charge is 0.264 e. The lowest BCUT2D eigenvalue weighted by Gasteiger charge is -2.34. The van der Waals surface area contributed by atoms with Crippen molar-refractivity contribution in [2.75, 3.05) is 10.8 Å². The first-order chi connectivity index (χ1) is 21.5. The van der Waals surface area contributed by atoms with Gasteiger partial charge in [0, 0.05) is 24.0 Å². The molecule has 0 saturated carbocycles. The Labute approximate surface area is 269 Å². The summed E-state index contributed by atoms with van der Waals surface area (Å²) in [6.07, 6.45) is 0.862. The molecule has 0 bridgehead atoms. The van der Waals surface area contributed by atoms with Gasteiger partial charge in [0.1, 0.15) is 18.4 Å². The maximum atomic E-state index is 14.5. The number of carbonyl (C=O) groups is 2. The normalized spacial score (nSPS) is 12.6. The molecular formula is C35H37ClFN3O4S. The summed E-state index contributed by atoms with van der Waals surface area (Å²) in [7, 11) is -4.25.